The van der Waals surface area contributed by atoms with E-state index in [0.29, 0.717) is 63.2 Å². The monoisotopic (exact) mass is 897 g/mol. The zero-order valence-electron chi connectivity index (χ0n) is 38.7. The van der Waals surface area contributed by atoms with E-state index in [-0.39, 0.29) is 35.2 Å². The number of aliphatic hydroxyl groups is 1. The van der Waals surface area contributed by atoms with Crippen molar-refractivity contribution >= 4 is 23.8 Å². The number of carbonyl (C=O) groups excluding carboxylic acids is 3. The Morgan fingerprint density at radius 1 is 0.662 bits per heavy atom. The van der Waals surface area contributed by atoms with Crippen LogP contribution in [0.4, 0.5) is 0 Å². The minimum atomic E-state index is -0.868. The molecule has 6 heterocycles. The van der Waals surface area contributed by atoms with Crippen LogP contribution < -0.4 is 10.6 Å². The number of aryl methyl sites for hydroxylation is 6. The normalized spacial score (nSPS) is 17.2. The smallest absolute Gasteiger partial charge is 0.338 e. The Balaban J connectivity index is 0.000000182. The number of aliphatic hydroxyl groups excluding tert-OH is 1. The molecule has 0 atom stereocenters. The van der Waals surface area contributed by atoms with E-state index in [2.05, 4.69) is 22.7 Å². The Kier molecular flexibility index (Phi) is 17.5. The number of aromatic carboxylic acids is 1. The molecule has 4 aliphatic rings. The number of rotatable bonds is 13. The minimum Gasteiger partial charge on any atom is -0.478 e. The van der Waals surface area contributed by atoms with Crippen molar-refractivity contribution in [1.29, 1.82) is 0 Å². The zero-order chi connectivity index (χ0) is 46.4. The van der Waals surface area contributed by atoms with Crippen molar-refractivity contribution in [3.8, 4) is 0 Å². The summed E-state index contributed by atoms with van der Waals surface area (Å²) in [6, 6.07) is 14.5. The van der Waals surface area contributed by atoms with Crippen LogP contribution in [-0.2, 0) is 65.8 Å². The van der Waals surface area contributed by atoms with Gasteiger partial charge in [0.1, 0.15) is 0 Å². The van der Waals surface area contributed by atoms with Crippen LogP contribution in [0.1, 0.15) is 142 Å². The second kappa shape index (κ2) is 23.2. The molecule has 0 saturated carbocycles. The predicted octanol–water partition coefficient (Wildman–Crippen LogP) is 6.20. The van der Waals surface area contributed by atoms with Gasteiger partial charge in [0.2, 0.25) is 0 Å². The Morgan fingerprint density at radius 2 is 1.09 bits per heavy atom. The lowest BCUT2D eigenvalue weighted by Gasteiger charge is -2.36. The molecule has 352 valence electrons. The zero-order valence-corrected chi connectivity index (χ0v) is 38.7. The van der Waals surface area contributed by atoms with E-state index >= 15 is 0 Å². The summed E-state index contributed by atoms with van der Waals surface area (Å²) in [4.78, 5) is 48.2. The molecule has 4 aliphatic heterocycles. The number of hydrogen-bond acceptors (Lipinski definition) is 10. The molecule has 4 N–H and O–H groups in total. The van der Waals surface area contributed by atoms with Crippen molar-refractivity contribution in [3.63, 3.8) is 0 Å². The Labute approximate surface area is 382 Å². The van der Waals surface area contributed by atoms with E-state index in [0.717, 1.165) is 124 Å². The minimum absolute atomic E-state index is 0.00506. The maximum atomic E-state index is 12.9. The number of benzene rings is 2. The number of hydrogen-bond donors (Lipinski definition) is 4. The third-order valence-electron chi connectivity index (χ3n) is 13.3. The van der Waals surface area contributed by atoms with E-state index in [1.807, 2.05) is 66.5 Å². The largest absolute Gasteiger partial charge is 0.478 e. The summed E-state index contributed by atoms with van der Waals surface area (Å²) in [5.41, 5.74) is 8.66. The quantitative estimate of drug-likeness (QED) is 0.0882. The molecule has 0 unspecified atom stereocenters. The molecule has 2 amide bonds. The van der Waals surface area contributed by atoms with Gasteiger partial charge in [-0.05, 0) is 117 Å². The highest BCUT2D eigenvalue weighted by molar-refractivity contribution is 5.97. The number of fused-ring (bicyclic) bond motifs is 2. The molecule has 2 spiro atoms. The fourth-order valence-electron chi connectivity index (χ4n) is 9.16. The number of esters is 1. The second-order valence-corrected chi connectivity index (χ2v) is 17.6. The van der Waals surface area contributed by atoms with Gasteiger partial charge in [-0.15, -0.1) is 0 Å². The predicted molar refractivity (Wildman–Crippen MR) is 245 cm³/mol. The van der Waals surface area contributed by atoms with Crippen LogP contribution in [0, 0.1) is 10.8 Å². The highest BCUT2D eigenvalue weighted by Gasteiger charge is 2.41. The van der Waals surface area contributed by atoms with Crippen LogP contribution in [-0.4, -0.2) is 106 Å². The summed E-state index contributed by atoms with van der Waals surface area (Å²) < 4.78 is 20.5. The van der Waals surface area contributed by atoms with Gasteiger partial charge in [0.25, 0.3) is 11.8 Å². The van der Waals surface area contributed by atoms with Crippen LogP contribution in [0.5, 0.6) is 0 Å². The van der Waals surface area contributed by atoms with Crippen LogP contribution in [0.25, 0.3) is 0 Å². The first-order valence-electron chi connectivity index (χ1n) is 23.6. The Bertz CT molecular complexity index is 2220. The molecule has 0 aliphatic carbocycles. The van der Waals surface area contributed by atoms with Gasteiger partial charge in [-0.3, -0.25) is 19.0 Å². The lowest BCUT2D eigenvalue weighted by molar-refractivity contribution is 0.0151. The summed E-state index contributed by atoms with van der Waals surface area (Å²) >= 11 is 0. The van der Waals surface area contributed by atoms with E-state index in [9.17, 15) is 19.2 Å². The van der Waals surface area contributed by atoms with Crippen molar-refractivity contribution < 1.29 is 43.6 Å². The molecular formula is C50H68N6O9. The van der Waals surface area contributed by atoms with Gasteiger partial charge in [-0.25, -0.2) is 9.59 Å². The highest BCUT2D eigenvalue weighted by Crippen LogP contribution is 2.39. The van der Waals surface area contributed by atoms with Gasteiger partial charge in [-0.2, -0.15) is 10.2 Å². The SMILES string of the molecule is CCc1ccc(C(=O)O)cc1.CCc1ccc(C(=O)OCCCn2nc(CC)c3c2CC2(CCOCC2)CNC3=O)cc1.CCc1nn(CCCO)c2c1C(=O)NCC1(CCOCC1)C2. The number of amides is 2. The van der Waals surface area contributed by atoms with E-state index in [1.54, 1.807) is 12.1 Å². The molecule has 8 rings (SSSR count). The number of nitrogens with zero attached hydrogens (tertiary/aromatic N) is 4. The van der Waals surface area contributed by atoms with Gasteiger partial charge >= 0.3 is 11.9 Å². The van der Waals surface area contributed by atoms with E-state index < -0.39 is 5.97 Å². The molecule has 15 heteroatoms. The highest BCUT2D eigenvalue weighted by atomic mass is 16.5. The van der Waals surface area contributed by atoms with Crippen molar-refractivity contribution in [2.45, 2.75) is 118 Å². The molecular weight excluding hydrogens is 829 g/mol. The van der Waals surface area contributed by atoms with Gasteiger partial charge in [0, 0.05) is 65.6 Å². The summed E-state index contributed by atoms with van der Waals surface area (Å²) in [5.74, 6) is -1.19. The van der Waals surface area contributed by atoms with Crippen LogP contribution in [0.15, 0.2) is 48.5 Å². The fourth-order valence-corrected chi connectivity index (χ4v) is 9.16. The van der Waals surface area contributed by atoms with Gasteiger partial charge in [0.15, 0.2) is 0 Å². The topological polar surface area (TPSA) is 196 Å². The molecule has 2 aromatic carbocycles. The molecule has 65 heavy (non-hydrogen) atoms. The number of nitrogens with one attached hydrogen (secondary N) is 2. The lowest BCUT2D eigenvalue weighted by Crippen LogP contribution is -2.40. The number of carbonyl (C=O) groups is 4. The maximum absolute atomic E-state index is 12.9. The third kappa shape index (κ3) is 12.3. The first kappa shape index (κ1) is 49.1. The van der Waals surface area contributed by atoms with Crippen molar-refractivity contribution in [2.75, 3.05) is 52.7 Å². The fraction of sp³-hybridized carbons (Fsp3) is 0.560. The summed E-state index contributed by atoms with van der Waals surface area (Å²) in [5, 5.41) is 33.3. The molecule has 2 saturated heterocycles. The molecule has 4 aromatic rings. The summed E-state index contributed by atoms with van der Waals surface area (Å²) in [6.45, 7) is 14.3. The number of carboxylic acids is 1. The maximum Gasteiger partial charge on any atom is 0.338 e. The van der Waals surface area contributed by atoms with Gasteiger partial charge < -0.3 is 35.1 Å². The molecule has 2 fully saturated rings. The van der Waals surface area contributed by atoms with Crippen LogP contribution >= 0.6 is 0 Å². The van der Waals surface area contributed by atoms with Crippen molar-refractivity contribution in [2.24, 2.45) is 10.8 Å². The summed E-state index contributed by atoms with van der Waals surface area (Å²) in [7, 11) is 0. The van der Waals surface area contributed by atoms with Gasteiger partial charge in [-0.1, -0.05) is 52.0 Å². The third-order valence-corrected chi connectivity index (χ3v) is 13.3. The standard InChI is InChI=1S/C25H33N3O4.C16H25N3O3.C9H10O2/c1-3-18-6-8-19(9-7-18)24(30)32-13-5-12-28-21-16-25(10-14-31-15-11-25)17-26-23(29)22(21)20(4-2)27-28;1-2-12-14-13(19(18-12)6-3-7-20)10-16(11-17-15(14)21)4-8-22-9-5-16;1-2-7-3-5-8(6-4-7)9(10)11/h6-9H,3-5,10-17H2,1-2H3,(H,26,29);20H,2-11H2,1H3,(H,17,21);3-6H,2H2,1H3,(H,10,11). The first-order valence-corrected chi connectivity index (χ1v) is 23.6. The van der Waals surface area contributed by atoms with Crippen molar-refractivity contribution in [1.82, 2.24) is 30.2 Å². The molecule has 0 radical (unpaired) electrons. The summed E-state index contributed by atoms with van der Waals surface area (Å²) in [6.07, 6.45) is 10.2. The molecule has 0 bridgehead atoms. The van der Waals surface area contributed by atoms with Gasteiger partial charge in [0.05, 0.1) is 51.6 Å². The first-order chi connectivity index (χ1) is 31.5. The molecule has 15 nitrogen and oxygen atoms in total. The number of carboxylic acid groups (broad SMARTS) is 1. The Hall–Kier alpha value is -5.38. The van der Waals surface area contributed by atoms with E-state index in [1.165, 1.54) is 5.56 Å². The second-order valence-electron chi connectivity index (χ2n) is 17.6. The van der Waals surface area contributed by atoms with Crippen LogP contribution in [0.2, 0.25) is 0 Å². The molecule has 2 aromatic heterocycles. The van der Waals surface area contributed by atoms with Crippen molar-refractivity contribution in [3.05, 3.63) is 105 Å². The lowest BCUT2D eigenvalue weighted by atomic mass is 9.76. The number of aromatic nitrogens is 4. The average Bonchev–Trinajstić information content (AvgIpc) is 3.78. The van der Waals surface area contributed by atoms with E-state index in [4.69, 9.17) is 29.5 Å². The Morgan fingerprint density at radius 3 is 1.49 bits per heavy atom. The number of ether oxygens (including phenoxy) is 3. The average molecular weight is 897 g/mol. The van der Waals surface area contributed by atoms with Crippen LogP contribution in [0.3, 0.4) is 0 Å².